The number of aromatic hydroxyl groups is 1. The highest BCUT2D eigenvalue weighted by molar-refractivity contribution is 8.76. The van der Waals surface area contributed by atoms with Gasteiger partial charge in [0.15, 0.2) is 11.9 Å². The Kier molecular flexibility index (Phi) is 26.4. The number of nitrogens with two attached hydrogens (primary N) is 5. The van der Waals surface area contributed by atoms with Crippen LogP contribution in [0.25, 0.3) is 0 Å². The molecule has 1 saturated heterocycles. The van der Waals surface area contributed by atoms with Crippen LogP contribution in [-0.4, -0.2) is 143 Å². The van der Waals surface area contributed by atoms with Gasteiger partial charge >= 0.3 is 0 Å². The van der Waals surface area contributed by atoms with Crippen LogP contribution in [0.2, 0.25) is 0 Å². The summed E-state index contributed by atoms with van der Waals surface area (Å²) in [6.45, 7) is 9.90. The molecule has 27 heteroatoms. The Bertz CT molecular complexity index is 2050. The van der Waals surface area contributed by atoms with Crippen molar-refractivity contribution >= 4 is 86.7 Å². The minimum absolute atomic E-state index is 0.0254. The van der Waals surface area contributed by atoms with Crippen LogP contribution in [0.4, 0.5) is 0 Å². The molecule has 9 amide bonds. The van der Waals surface area contributed by atoms with Gasteiger partial charge in [-0.3, -0.25) is 53.1 Å². The third-order valence-electron chi connectivity index (χ3n) is 11.0. The van der Waals surface area contributed by atoms with Gasteiger partial charge in [-0.05, 0) is 68.6 Å². The molecule has 2 rings (SSSR count). The van der Waals surface area contributed by atoms with E-state index in [4.69, 9.17) is 28.7 Å². The van der Waals surface area contributed by atoms with Crippen molar-refractivity contribution in [2.45, 2.75) is 135 Å². The van der Waals surface area contributed by atoms with E-state index in [0.717, 1.165) is 21.6 Å². The molecule has 19 N–H and O–H groups in total. The molecule has 1 aromatic carbocycles. The molecule has 1 aliphatic rings. The number of hydrogen-bond acceptors (Lipinski definition) is 14. The Labute approximate surface area is 421 Å². The van der Waals surface area contributed by atoms with Crippen molar-refractivity contribution in [3.05, 3.63) is 29.8 Å². The number of phenolic OH excluding ortho intramolecular Hbond substituents is 1. The third-order valence-corrected chi connectivity index (χ3v) is 13.4. The number of phenols is 1. The summed E-state index contributed by atoms with van der Waals surface area (Å²) in [4.78, 5) is 131. The van der Waals surface area contributed by atoms with Gasteiger partial charge in [0.1, 0.15) is 54.1 Å². The predicted octanol–water partition coefficient (Wildman–Crippen LogP) is -3.07. The second-order valence-electron chi connectivity index (χ2n) is 17.5. The van der Waals surface area contributed by atoms with E-state index >= 15 is 0 Å². The van der Waals surface area contributed by atoms with Crippen LogP contribution in [0.15, 0.2) is 34.3 Å². The van der Waals surface area contributed by atoms with E-state index in [2.05, 4.69) is 52.5 Å². The number of carbonyl (C=O) groups excluding carboxylic acids is 9. The molecule has 1 aromatic rings. The number of nitrogens with zero attached hydrogens (tertiary/aromatic N) is 2. The van der Waals surface area contributed by atoms with Crippen molar-refractivity contribution in [2.24, 2.45) is 50.5 Å². The summed E-state index contributed by atoms with van der Waals surface area (Å²) in [7, 11) is 2.07. The van der Waals surface area contributed by atoms with Crippen LogP contribution in [0.1, 0.15) is 85.6 Å². The Morgan fingerprint density at radius 2 is 1.34 bits per heavy atom. The summed E-state index contributed by atoms with van der Waals surface area (Å²) in [6, 6.07) is -4.33. The maximum absolute atomic E-state index is 14.4. The molecule has 9 atom stereocenters. The molecule has 1 fully saturated rings. The first-order valence-electron chi connectivity index (χ1n) is 23.2. The van der Waals surface area contributed by atoms with Gasteiger partial charge in [0.05, 0.1) is 0 Å². The van der Waals surface area contributed by atoms with E-state index in [1.54, 1.807) is 6.92 Å². The van der Waals surface area contributed by atoms with Crippen molar-refractivity contribution in [2.75, 3.05) is 24.6 Å². The lowest BCUT2D eigenvalue weighted by Gasteiger charge is -2.29. The molecule has 0 saturated carbocycles. The van der Waals surface area contributed by atoms with Gasteiger partial charge < -0.3 is 76.3 Å². The van der Waals surface area contributed by atoms with Gasteiger partial charge in [-0.1, -0.05) is 67.8 Å². The van der Waals surface area contributed by atoms with E-state index in [0.29, 0.717) is 12.0 Å². The normalized spacial score (nSPS) is 22.0. The number of carbonyl (C=O) groups is 9. The SMILES string of the molecule is CC[C@H](C)[C@@H]1NC(=O)[C@H](CC(C)C)NC(=O)C(NC(C)=O)CSSC[C@@H](C(=O)N[C@@H](CCCN=C(N)N)C(=O)N[C@@H](Cc2ccc(O)cc2)C(N)=O)NC(=O)[C@H](CCCN=C(N)N)NC(=O)[C@H](C)NC1=O. The third kappa shape index (κ3) is 22.9. The number of nitrogens with one attached hydrogen (secondary N) is 8. The van der Waals surface area contributed by atoms with Gasteiger partial charge in [-0.25, -0.2) is 0 Å². The highest BCUT2D eigenvalue weighted by atomic mass is 33.1. The first-order valence-corrected chi connectivity index (χ1v) is 25.7. The number of benzene rings is 1. The molecule has 1 unspecified atom stereocenters. The highest BCUT2D eigenvalue weighted by Gasteiger charge is 2.36. The monoisotopic (exact) mass is 1040 g/mol. The van der Waals surface area contributed by atoms with Crippen molar-refractivity contribution in [3.63, 3.8) is 0 Å². The summed E-state index contributed by atoms with van der Waals surface area (Å²) in [5.41, 5.74) is 28.2. The van der Waals surface area contributed by atoms with Crippen LogP contribution >= 0.6 is 21.6 Å². The lowest BCUT2D eigenvalue weighted by atomic mass is 9.96. The Morgan fingerprint density at radius 3 is 1.92 bits per heavy atom. The highest BCUT2D eigenvalue weighted by Crippen LogP contribution is 2.24. The van der Waals surface area contributed by atoms with Gasteiger partial charge in [-0.15, -0.1) is 0 Å². The molecule has 0 radical (unpaired) electrons. The van der Waals surface area contributed by atoms with Gasteiger partial charge in [0.25, 0.3) is 0 Å². The van der Waals surface area contributed by atoms with Crippen molar-refractivity contribution in [1.82, 2.24) is 42.5 Å². The Balaban J connectivity index is 2.66. The van der Waals surface area contributed by atoms with E-state index in [-0.39, 0.29) is 86.7 Å². The average molecular weight is 1040 g/mol. The fourth-order valence-corrected chi connectivity index (χ4v) is 9.22. The number of guanidine groups is 2. The lowest BCUT2D eigenvalue weighted by molar-refractivity contribution is -0.136. The largest absolute Gasteiger partial charge is 0.508 e. The standard InChI is InChI=1S/C44H73N15O10S2/c1-7-23(4)34-42(69)52-24(5)36(63)54-28(10-8-16-50-43(46)47)38(65)58-33(21-71-70-20-32(53-25(6)60)40(67)57-31(18-22(2)3)39(66)59-34)41(68)55-29(11-9-17-51-44(48)49)37(64)56-30(35(45)62)19-26-12-14-27(61)15-13-26/h12-15,22-24,28-34,61H,7-11,16-21H2,1-6H3,(H2,45,62)(H,52,69)(H,53,60)(H,54,63)(H,55,68)(H,56,64)(H,57,67)(H,58,65)(H,59,66)(H4,46,47,50)(H4,48,49,51)/t23-,24-,28-,29-,30-,31-,32?,33-,34-/m0/s1. The van der Waals surface area contributed by atoms with Crippen molar-refractivity contribution in [1.29, 1.82) is 0 Å². The maximum atomic E-state index is 14.4. The zero-order valence-corrected chi connectivity index (χ0v) is 42.7. The molecule has 0 aliphatic carbocycles. The minimum atomic E-state index is -1.46. The van der Waals surface area contributed by atoms with Crippen LogP contribution in [0, 0.1) is 11.8 Å². The zero-order chi connectivity index (χ0) is 53.4. The van der Waals surface area contributed by atoms with Crippen LogP contribution in [0.3, 0.4) is 0 Å². The second-order valence-corrected chi connectivity index (χ2v) is 20.1. The summed E-state index contributed by atoms with van der Waals surface area (Å²) in [5.74, 6) is -8.22. The predicted molar refractivity (Wildman–Crippen MR) is 271 cm³/mol. The summed E-state index contributed by atoms with van der Waals surface area (Å²) in [6.07, 6.45) is 0.709. The topological polar surface area (TPSA) is 425 Å². The van der Waals surface area contributed by atoms with Crippen molar-refractivity contribution in [3.8, 4) is 5.75 Å². The molecular weight excluding hydrogens is 963 g/mol. The Morgan fingerprint density at radius 1 is 0.746 bits per heavy atom. The molecule has 0 bridgehead atoms. The number of aliphatic imine (C=N–C) groups is 2. The van der Waals surface area contributed by atoms with Crippen LogP contribution in [-0.2, 0) is 49.6 Å². The molecule has 396 valence electrons. The fourth-order valence-electron chi connectivity index (χ4n) is 6.89. The first-order chi connectivity index (χ1) is 33.4. The average Bonchev–Trinajstić information content (AvgIpc) is 3.29. The molecule has 71 heavy (non-hydrogen) atoms. The van der Waals surface area contributed by atoms with Crippen LogP contribution in [0.5, 0.6) is 5.75 Å². The number of hydrogen-bond donors (Lipinski definition) is 14. The molecule has 25 nitrogen and oxygen atoms in total. The lowest BCUT2D eigenvalue weighted by Crippen LogP contribution is -2.61. The van der Waals surface area contributed by atoms with E-state index in [1.807, 2.05) is 20.8 Å². The van der Waals surface area contributed by atoms with Gasteiger partial charge in [-0.2, -0.15) is 0 Å². The van der Waals surface area contributed by atoms with Crippen LogP contribution < -0.4 is 71.2 Å². The smallest absolute Gasteiger partial charge is 0.244 e. The first kappa shape index (κ1) is 60.6. The number of primary amides is 1. The Hall–Kier alpha value is -6.51. The maximum Gasteiger partial charge on any atom is 0.244 e. The number of amides is 9. The quantitative estimate of drug-likeness (QED) is 0.0267. The molecule has 1 heterocycles. The minimum Gasteiger partial charge on any atom is -0.508 e. The van der Waals surface area contributed by atoms with Gasteiger partial charge in [0, 0.05) is 37.9 Å². The van der Waals surface area contributed by atoms with Gasteiger partial charge in [0.2, 0.25) is 53.2 Å². The van der Waals surface area contributed by atoms with E-state index in [9.17, 15) is 48.3 Å². The molecule has 0 aromatic heterocycles. The summed E-state index contributed by atoms with van der Waals surface area (Å²) >= 11 is 0. The summed E-state index contributed by atoms with van der Waals surface area (Å²) < 4.78 is 0. The summed E-state index contributed by atoms with van der Waals surface area (Å²) in [5, 5.41) is 30.9. The van der Waals surface area contributed by atoms with Crippen molar-refractivity contribution < 1.29 is 48.3 Å². The zero-order valence-electron chi connectivity index (χ0n) is 41.1. The number of rotatable bonds is 20. The molecule has 0 spiro atoms. The fraction of sp³-hybridized carbons (Fsp3) is 0.614. The second kappa shape index (κ2) is 31.0. The molecule has 1 aliphatic heterocycles. The molecular formula is C44H73N15O10S2. The van der Waals surface area contributed by atoms with E-state index in [1.165, 1.54) is 38.1 Å². The van der Waals surface area contributed by atoms with E-state index < -0.39 is 107 Å².